The molecule has 1 saturated heterocycles. The van der Waals surface area contributed by atoms with Crippen LogP contribution in [0.4, 0.5) is 0 Å². The number of hydrogen-bond acceptors (Lipinski definition) is 5. The smallest absolute Gasteiger partial charge is 0.305 e. The maximum absolute atomic E-state index is 14.0. The molecule has 0 unspecified atom stereocenters. The number of carboxylic acids is 1. The molecule has 0 aliphatic carbocycles. The minimum atomic E-state index is -2.19. The Morgan fingerprint density at radius 1 is 1.05 bits per heavy atom. The summed E-state index contributed by atoms with van der Waals surface area (Å²) in [6.45, 7) is 10.6. The lowest BCUT2D eigenvalue weighted by Crippen LogP contribution is -2.62. The number of carboxylic acid groups (broad SMARTS) is 1. The molecule has 43 heavy (non-hydrogen) atoms. The monoisotopic (exact) mass is 607 g/mol. The maximum atomic E-state index is 14.0. The first-order valence-electron chi connectivity index (χ1n) is 15.2. The molecule has 9 nitrogen and oxygen atoms in total. The van der Waals surface area contributed by atoms with E-state index in [1.54, 1.807) is 11.0 Å². The number of fused-ring (bicyclic) bond motifs is 2. The molecule has 2 aliphatic heterocycles. The van der Waals surface area contributed by atoms with Gasteiger partial charge in [-0.1, -0.05) is 63.3 Å². The second kappa shape index (κ2) is 13.4. The highest BCUT2D eigenvalue weighted by Gasteiger charge is 2.42. The number of amides is 3. The predicted octanol–water partition coefficient (Wildman–Crippen LogP) is 5.02. The molecule has 4 atom stereocenters. The molecule has 1 fully saturated rings. The first-order chi connectivity index (χ1) is 20.3. The molecule has 10 heteroatoms. The largest absolute Gasteiger partial charge is 0.481 e. The summed E-state index contributed by atoms with van der Waals surface area (Å²) in [7, 11) is -2.19. The molecule has 2 aromatic rings. The summed E-state index contributed by atoms with van der Waals surface area (Å²) < 4.78 is 6.26. The van der Waals surface area contributed by atoms with Gasteiger partial charge in [0.1, 0.15) is 12.1 Å². The van der Waals surface area contributed by atoms with E-state index in [9.17, 15) is 24.3 Å². The lowest BCUT2D eigenvalue weighted by atomic mass is 9.90. The van der Waals surface area contributed by atoms with E-state index in [0.717, 1.165) is 23.6 Å². The van der Waals surface area contributed by atoms with Gasteiger partial charge in [-0.25, -0.2) is 0 Å². The summed E-state index contributed by atoms with van der Waals surface area (Å²) in [5.41, 5.74) is 0.459. The topological polar surface area (TPSA) is 125 Å². The molecule has 0 aromatic heterocycles. The third kappa shape index (κ3) is 7.91. The molecule has 0 spiro atoms. The van der Waals surface area contributed by atoms with Gasteiger partial charge in [-0.2, -0.15) is 0 Å². The van der Waals surface area contributed by atoms with Crippen molar-refractivity contribution in [1.29, 1.82) is 0 Å². The molecule has 0 bridgehead atoms. The van der Waals surface area contributed by atoms with Crippen LogP contribution in [0.15, 0.2) is 54.6 Å². The van der Waals surface area contributed by atoms with E-state index in [0.29, 0.717) is 24.8 Å². The van der Waals surface area contributed by atoms with Crippen molar-refractivity contribution in [2.24, 2.45) is 0 Å². The Hall–Kier alpha value is -3.50. The van der Waals surface area contributed by atoms with E-state index >= 15 is 0 Å². The lowest BCUT2D eigenvalue weighted by molar-refractivity contribution is -0.148. The van der Waals surface area contributed by atoms with Crippen LogP contribution in [0.5, 0.6) is 0 Å². The van der Waals surface area contributed by atoms with Crippen LogP contribution in [0.3, 0.4) is 0 Å². The van der Waals surface area contributed by atoms with Gasteiger partial charge in [0.2, 0.25) is 11.8 Å². The highest BCUT2D eigenvalue weighted by molar-refractivity contribution is 6.74. The Bertz CT molecular complexity index is 1380. The van der Waals surface area contributed by atoms with E-state index in [2.05, 4.69) is 44.5 Å². The number of aliphatic carboxylic acids is 1. The van der Waals surface area contributed by atoms with Gasteiger partial charge in [0.15, 0.2) is 8.32 Å². The first kappa shape index (κ1) is 32.4. The van der Waals surface area contributed by atoms with Gasteiger partial charge in [0, 0.05) is 11.6 Å². The predicted molar refractivity (Wildman–Crippen MR) is 169 cm³/mol. The van der Waals surface area contributed by atoms with Crippen LogP contribution in [0.2, 0.25) is 18.1 Å². The SMILES string of the molecule is CC(C)(C)[Si](C)(C)OC[C@H](CC(=O)O)NC(=O)[C@@H]1CCC[C@@H]2CC=CC[C@H](NC(=O)c3ccc4ccccc4c3)C(=O)N21. The highest BCUT2D eigenvalue weighted by atomic mass is 28.4. The fourth-order valence-electron chi connectivity index (χ4n) is 5.55. The number of nitrogens with one attached hydrogen (secondary N) is 2. The van der Waals surface area contributed by atoms with E-state index in [1.807, 2.05) is 48.6 Å². The summed E-state index contributed by atoms with van der Waals surface area (Å²) in [4.78, 5) is 54.4. The Morgan fingerprint density at radius 2 is 1.74 bits per heavy atom. The van der Waals surface area contributed by atoms with Crippen LogP contribution >= 0.6 is 0 Å². The Balaban J connectivity index is 1.51. The van der Waals surface area contributed by atoms with E-state index in [1.165, 1.54) is 0 Å². The van der Waals surface area contributed by atoms with Crippen LogP contribution in [0.1, 0.15) is 69.7 Å². The van der Waals surface area contributed by atoms with Crippen LogP contribution in [0, 0.1) is 0 Å². The zero-order valence-corrected chi connectivity index (χ0v) is 26.9. The van der Waals surface area contributed by atoms with Gasteiger partial charge < -0.3 is 25.1 Å². The van der Waals surface area contributed by atoms with Gasteiger partial charge in [0.05, 0.1) is 19.1 Å². The summed E-state index contributed by atoms with van der Waals surface area (Å²) in [6, 6.07) is 10.7. The summed E-state index contributed by atoms with van der Waals surface area (Å²) in [5.74, 6) is -2.06. The molecular formula is C33H45N3O6Si. The van der Waals surface area contributed by atoms with Crippen molar-refractivity contribution in [3.05, 3.63) is 60.2 Å². The maximum Gasteiger partial charge on any atom is 0.305 e. The van der Waals surface area contributed by atoms with Crippen molar-refractivity contribution in [3.8, 4) is 0 Å². The Labute approximate surface area is 255 Å². The molecule has 2 heterocycles. The number of carbonyl (C=O) groups is 4. The van der Waals surface area contributed by atoms with E-state index < -0.39 is 32.4 Å². The number of rotatable bonds is 9. The minimum absolute atomic E-state index is 0.0713. The fourth-order valence-corrected chi connectivity index (χ4v) is 6.60. The number of benzene rings is 2. The van der Waals surface area contributed by atoms with Gasteiger partial charge in [-0.3, -0.25) is 19.2 Å². The molecular weight excluding hydrogens is 562 g/mol. The summed E-state index contributed by atoms with van der Waals surface area (Å²) >= 11 is 0. The van der Waals surface area contributed by atoms with Crippen molar-refractivity contribution in [1.82, 2.24) is 15.5 Å². The molecule has 2 aliphatic rings. The quantitative estimate of drug-likeness (QED) is 0.272. The van der Waals surface area contributed by atoms with E-state index in [-0.39, 0.29) is 41.8 Å². The van der Waals surface area contributed by atoms with Gasteiger partial charge in [-0.15, -0.1) is 0 Å². The van der Waals surface area contributed by atoms with Gasteiger partial charge in [-0.05, 0) is 73.1 Å². The van der Waals surface area contributed by atoms with Crippen molar-refractivity contribution in [2.45, 2.75) is 102 Å². The van der Waals surface area contributed by atoms with Crippen molar-refractivity contribution in [3.63, 3.8) is 0 Å². The zero-order valence-electron chi connectivity index (χ0n) is 25.9. The molecule has 2 aromatic carbocycles. The number of carbonyl (C=O) groups excluding carboxylic acids is 3. The Kier molecular flexibility index (Phi) is 10.1. The number of hydrogen-bond donors (Lipinski definition) is 3. The Morgan fingerprint density at radius 3 is 2.44 bits per heavy atom. The molecule has 232 valence electrons. The number of piperidine rings is 1. The summed E-state index contributed by atoms with van der Waals surface area (Å²) in [5, 5.41) is 17.3. The average molecular weight is 608 g/mol. The van der Waals surface area contributed by atoms with Crippen LogP contribution in [-0.4, -0.2) is 72.8 Å². The third-order valence-electron chi connectivity index (χ3n) is 9.08. The molecule has 0 saturated carbocycles. The molecule has 3 N–H and O–H groups in total. The minimum Gasteiger partial charge on any atom is -0.481 e. The van der Waals surface area contributed by atoms with Gasteiger partial charge >= 0.3 is 5.97 Å². The average Bonchev–Trinajstić information content (AvgIpc) is 2.94. The second-order valence-electron chi connectivity index (χ2n) is 13.3. The highest BCUT2D eigenvalue weighted by Crippen LogP contribution is 2.36. The molecule has 3 amide bonds. The third-order valence-corrected chi connectivity index (χ3v) is 13.6. The van der Waals surface area contributed by atoms with Crippen LogP contribution in [-0.2, 0) is 18.8 Å². The number of nitrogens with zero attached hydrogens (tertiary/aromatic N) is 1. The normalized spacial score (nSPS) is 21.8. The zero-order chi connectivity index (χ0) is 31.4. The second-order valence-corrected chi connectivity index (χ2v) is 18.1. The van der Waals surface area contributed by atoms with Crippen molar-refractivity contribution < 1.29 is 28.7 Å². The van der Waals surface area contributed by atoms with Crippen LogP contribution < -0.4 is 10.6 Å². The summed E-state index contributed by atoms with van der Waals surface area (Å²) in [6.07, 6.45) is 6.57. The van der Waals surface area contributed by atoms with Gasteiger partial charge in [0.25, 0.3) is 5.91 Å². The first-order valence-corrected chi connectivity index (χ1v) is 18.1. The van der Waals surface area contributed by atoms with Crippen LogP contribution in [0.25, 0.3) is 10.8 Å². The fraction of sp³-hybridized carbons (Fsp3) is 0.515. The molecule has 0 radical (unpaired) electrons. The molecule has 4 rings (SSSR count). The standard InChI is InChI=1S/C33H45N3O6Si/c1-33(2,3)43(4,5)42-21-25(20-29(37)38)34-31(40)28-16-10-14-26-13-8-9-15-27(32(41)36(26)28)35-30(39)24-18-17-22-11-6-7-12-23(22)19-24/h6-9,11-12,17-19,25-28H,10,13-16,20-21H2,1-5H3,(H,34,40)(H,35,39)(H,37,38)/t25-,26-,27-,28-/m0/s1. The van der Waals surface area contributed by atoms with Crippen molar-refractivity contribution >= 4 is 42.8 Å². The lowest BCUT2D eigenvalue weighted by Gasteiger charge is -2.44. The van der Waals surface area contributed by atoms with Crippen molar-refractivity contribution in [2.75, 3.05) is 6.61 Å². The van der Waals surface area contributed by atoms with E-state index in [4.69, 9.17) is 4.43 Å².